The number of hydrogen-bond acceptors (Lipinski definition) is 6. The van der Waals surface area contributed by atoms with E-state index in [9.17, 15) is 4.91 Å². The average Bonchev–Trinajstić information content (AvgIpc) is 3.43. The quantitative estimate of drug-likeness (QED) is 0.535. The van der Waals surface area contributed by atoms with Gasteiger partial charge in [-0.3, -0.25) is 9.88 Å². The lowest BCUT2D eigenvalue weighted by Gasteiger charge is -2.33. The third-order valence-electron chi connectivity index (χ3n) is 6.64. The third kappa shape index (κ3) is 4.05. The number of aryl methyl sites for hydroxylation is 1. The van der Waals surface area contributed by atoms with Gasteiger partial charge >= 0.3 is 0 Å². The maximum atomic E-state index is 11.1. The van der Waals surface area contributed by atoms with E-state index in [2.05, 4.69) is 45.1 Å². The third-order valence-corrected chi connectivity index (χ3v) is 6.64. The van der Waals surface area contributed by atoms with E-state index in [1.165, 1.54) is 5.56 Å². The predicted octanol–water partition coefficient (Wildman–Crippen LogP) is 4.90. The Bertz CT molecular complexity index is 1050. The molecular weight excluding hydrogens is 388 g/mol. The number of likely N-dealkylation sites (N-methyl/N-ethyl adjacent to an activating group) is 1. The van der Waals surface area contributed by atoms with Gasteiger partial charge in [0.1, 0.15) is 17.6 Å². The van der Waals surface area contributed by atoms with Gasteiger partial charge in [0.25, 0.3) is 0 Å². The van der Waals surface area contributed by atoms with Crippen molar-refractivity contribution < 1.29 is 4.42 Å². The van der Waals surface area contributed by atoms with E-state index in [-0.39, 0.29) is 6.04 Å². The number of piperazine rings is 1. The largest absolute Gasteiger partial charge is 0.459 e. The van der Waals surface area contributed by atoms with Crippen LogP contribution in [0.3, 0.4) is 0 Å². The van der Waals surface area contributed by atoms with Crippen LogP contribution in [0.4, 0.5) is 0 Å². The van der Waals surface area contributed by atoms with E-state index in [1.807, 2.05) is 30.6 Å². The predicted molar refractivity (Wildman–Crippen MR) is 122 cm³/mol. The zero-order valence-corrected chi connectivity index (χ0v) is 18.0. The van der Waals surface area contributed by atoms with Crippen molar-refractivity contribution in [1.82, 2.24) is 14.8 Å². The zero-order chi connectivity index (χ0) is 21.2. The molecule has 1 aromatic carbocycles. The van der Waals surface area contributed by atoms with E-state index in [0.29, 0.717) is 0 Å². The molecule has 1 aliphatic carbocycles. The van der Waals surface area contributed by atoms with Crippen molar-refractivity contribution in [1.29, 1.82) is 0 Å². The number of nitrogens with zero attached hydrogens (tertiary/aromatic N) is 4. The minimum Gasteiger partial charge on any atom is -0.459 e. The van der Waals surface area contributed by atoms with E-state index < -0.39 is 0 Å². The Balaban J connectivity index is 1.47. The second-order valence-corrected chi connectivity index (χ2v) is 8.48. The molecule has 2 aliphatic rings. The summed E-state index contributed by atoms with van der Waals surface area (Å²) in [5.41, 5.74) is 5.51. The number of hydrogen-bond donors (Lipinski definition) is 0. The Kier molecular flexibility index (Phi) is 5.66. The SMILES string of the molecule is CCN1CCN(Cc2cc(-c3ccncc3)c(-c3ccc4c(c3)CCC4N=O)o2)CC1. The minimum absolute atomic E-state index is 0.210. The first kappa shape index (κ1) is 20.1. The van der Waals surface area contributed by atoms with Crippen molar-refractivity contribution in [2.45, 2.75) is 32.4 Å². The summed E-state index contributed by atoms with van der Waals surface area (Å²) in [7, 11) is 0. The van der Waals surface area contributed by atoms with Crippen LogP contribution in [0.25, 0.3) is 22.5 Å². The fourth-order valence-corrected chi connectivity index (χ4v) is 4.81. The summed E-state index contributed by atoms with van der Waals surface area (Å²) in [6, 6.07) is 12.3. The number of benzene rings is 1. The Labute approximate surface area is 182 Å². The van der Waals surface area contributed by atoms with Crippen molar-refractivity contribution in [3.63, 3.8) is 0 Å². The first-order valence-corrected chi connectivity index (χ1v) is 11.2. The highest BCUT2D eigenvalue weighted by atomic mass is 16.3. The molecule has 3 heterocycles. The number of rotatable bonds is 6. The summed E-state index contributed by atoms with van der Waals surface area (Å²) >= 11 is 0. The number of fused-ring (bicyclic) bond motifs is 1. The van der Waals surface area contributed by atoms with Crippen molar-refractivity contribution in [3.8, 4) is 22.5 Å². The minimum atomic E-state index is -0.210. The Morgan fingerprint density at radius 1 is 1.03 bits per heavy atom. The highest BCUT2D eigenvalue weighted by Crippen LogP contribution is 2.40. The molecule has 160 valence electrons. The number of furan rings is 1. The van der Waals surface area contributed by atoms with Crippen LogP contribution >= 0.6 is 0 Å². The van der Waals surface area contributed by atoms with E-state index in [4.69, 9.17) is 4.42 Å². The van der Waals surface area contributed by atoms with Gasteiger partial charge in [-0.2, -0.15) is 4.91 Å². The van der Waals surface area contributed by atoms with Crippen LogP contribution in [0.15, 0.2) is 58.4 Å². The maximum Gasteiger partial charge on any atom is 0.142 e. The van der Waals surface area contributed by atoms with E-state index in [0.717, 1.165) is 85.9 Å². The molecule has 1 fully saturated rings. The normalized spacial score (nSPS) is 19.5. The standard InChI is InChI=1S/C25H28N4O2/c1-2-28-11-13-29(14-12-28)17-21-16-23(18-7-9-26-10-8-18)25(31-21)20-3-5-22-19(15-20)4-6-24(22)27-30/h3,5,7-10,15-16,24H,2,4,6,11-14,17H2,1H3. The van der Waals surface area contributed by atoms with Gasteiger partial charge < -0.3 is 9.32 Å². The summed E-state index contributed by atoms with van der Waals surface area (Å²) < 4.78 is 6.46. The summed E-state index contributed by atoms with van der Waals surface area (Å²) in [6.45, 7) is 8.50. The second kappa shape index (κ2) is 8.73. The van der Waals surface area contributed by atoms with Gasteiger partial charge in [-0.25, -0.2) is 0 Å². The molecule has 5 rings (SSSR count). The van der Waals surface area contributed by atoms with Gasteiger partial charge in [0.05, 0.1) is 6.54 Å². The first-order chi connectivity index (χ1) is 15.2. The van der Waals surface area contributed by atoms with Crippen LogP contribution in [0.5, 0.6) is 0 Å². The van der Waals surface area contributed by atoms with Gasteiger partial charge in [0.2, 0.25) is 0 Å². The number of aromatic nitrogens is 1. The van der Waals surface area contributed by atoms with Gasteiger partial charge in [-0.1, -0.05) is 24.2 Å². The number of nitroso groups, excluding NO2 is 1. The van der Waals surface area contributed by atoms with Gasteiger partial charge in [0, 0.05) is 49.7 Å². The maximum absolute atomic E-state index is 11.1. The lowest BCUT2D eigenvalue weighted by atomic mass is 9.99. The number of pyridine rings is 1. The summed E-state index contributed by atoms with van der Waals surface area (Å²) in [5, 5.41) is 3.29. The summed E-state index contributed by atoms with van der Waals surface area (Å²) in [5.74, 6) is 1.87. The van der Waals surface area contributed by atoms with Crippen molar-refractivity contribution >= 4 is 0 Å². The van der Waals surface area contributed by atoms with Crippen LogP contribution in [0.2, 0.25) is 0 Å². The van der Waals surface area contributed by atoms with Crippen LogP contribution in [0.1, 0.15) is 36.3 Å². The molecular formula is C25H28N4O2. The van der Waals surface area contributed by atoms with Crippen LogP contribution in [0, 0.1) is 4.91 Å². The molecule has 6 heteroatoms. The van der Waals surface area contributed by atoms with Gasteiger partial charge in [0.15, 0.2) is 0 Å². The molecule has 3 aromatic rings. The van der Waals surface area contributed by atoms with E-state index >= 15 is 0 Å². The van der Waals surface area contributed by atoms with Crippen molar-refractivity contribution in [2.75, 3.05) is 32.7 Å². The Hall–Kier alpha value is -2.83. The zero-order valence-electron chi connectivity index (χ0n) is 18.0. The molecule has 0 N–H and O–H groups in total. The second-order valence-electron chi connectivity index (χ2n) is 8.48. The average molecular weight is 417 g/mol. The Morgan fingerprint density at radius 3 is 2.55 bits per heavy atom. The Morgan fingerprint density at radius 2 is 1.81 bits per heavy atom. The molecule has 31 heavy (non-hydrogen) atoms. The molecule has 1 atom stereocenters. The topological polar surface area (TPSA) is 61.9 Å². The smallest absolute Gasteiger partial charge is 0.142 e. The van der Waals surface area contributed by atoms with E-state index in [1.54, 1.807) is 0 Å². The lowest BCUT2D eigenvalue weighted by Crippen LogP contribution is -2.45. The molecule has 0 saturated carbocycles. The summed E-state index contributed by atoms with van der Waals surface area (Å²) in [6.07, 6.45) is 5.32. The molecule has 2 aromatic heterocycles. The molecule has 0 radical (unpaired) electrons. The molecule has 6 nitrogen and oxygen atoms in total. The fourth-order valence-electron chi connectivity index (χ4n) is 4.81. The summed E-state index contributed by atoms with van der Waals surface area (Å²) in [4.78, 5) is 20.2. The van der Waals surface area contributed by atoms with Crippen LogP contribution in [-0.2, 0) is 13.0 Å². The lowest BCUT2D eigenvalue weighted by molar-refractivity contribution is 0.125. The molecule has 1 aliphatic heterocycles. The highest BCUT2D eigenvalue weighted by Gasteiger charge is 2.25. The molecule has 1 saturated heterocycles. The van der Waals surface area contributed by atoms with Gasteiger partial charge in [-0.05, 0) is 60.3 Å². The van der Waals surface area contributed by atoms with Crippen LogP contribution < -0.4 is 0 Å². The molecule has 0 spiro atoms. The van der Waals surface area contributed by atoms with Crippen molar-refractivity contribution in [2.24, 2.45) is 5.18 Å². The molecule has 1 unspecified atom stereocenters. The molecule has 0 amide bonds. The monoisotopic (exact) mass is 416 g/mol. The fraction of sp³-hybridized carbons (Fsp3) is 0.400. The van der Waals surface area contributed by atoms with Crippen LogP contribution in [-0.4, -0.2) is 47.5 Å². The van der Waals surface area contributed by atoms with Gasteiger partial charge in [-0.15, -0.1) is 0 Å². The van der Waals surface area contributed by atoms with Crippen molar-refractivity contribution in [3.05, 3.63) is 70.6 Å². The highest BCUT2D eigenvalue weighted by molar-refractivity contribution is 5.80. The molecule has 0 bridgehead atoms. The first-order valence-electron chi connectivity index (χ1n) is 11.2.